The Bertz CT molecular complexity index is 653. The third kappa shape index (κ3) is 2.75. The van der Waals surface area contributed by atoms with E-state index in [1.54, 1.807) is 0 Å². The Morgan fingerprint density at radius 3 is 2.33 bits per heavy atom. The van der Waals surface area contributed by atoms with Gasteiger partial charge < -0.3 is 9.47 Å². The third-order valence-corrected chi connectivity index (χ3v) is 3.92. The van der Waals surface area contributed by atoms with Crippen LogP contribution >= 0.6 is 0 Å². The van der Waals surface area contributed by atoms with Crippen LogP contribution in [0.25, 0.3) is 0 Å². The second-order valence-corrected chi connectivity index (χ2v) is 5.27. The summed E-state index contributed by atoms with van der Waals surface area (Å²) in [6.45, 7) is 5.24. The van der Waals surface area contributed by atoms with Gasteiger partial charge in [0.25, 0.3) is 0 Å². The zero-order chi connectivity index (χ0) is 14.8. The molecule has 3 nitrogen and oxygen atoms in total. The number of ether oxygens (including phenoxy) is 2. The first-order valence-electron chi connectivity index (χ1n) is 7.11. The monoisotopic (exact) mass is 282 g/mol. The second-order valence-electron chi connectivity index (χ2n) is 5.27. The Labute approximate surface area is 124 Å². The SMILES string of the molecule is Cc1cccc(C(=O)c2ccc(C3OCCO3)cc2)c1C. The van der Waals surface area contributed by atoms with Crippen molar-refractivity contribution in [3.63, 3.8) is 0 Å². The van der Waals surface area contributed by atoms with Crippen molar-refractivity contribution < 1.29 is 14.3 Å². The number of hydrogen-bond acceptors (Lipinski definition) is 3. The van der Waals surface area contributed by atoms with E-state index < -0.39 is 0 Å². The summed E-state index contributed by atoms with van der Waals surface area (Å²) in [5.74, 6) is 0.0519. The van der Waals surface area contributed by atoms with Crippen molar-refractivity contribution in [2.75, 3.05) is 13.2 Å². The molecule has 0 atom stereocenters. The first-order chi connectivity index (χ1) is 10.2. The fraction of sp³-hybridized carbons (Fsp3) is 0.278. The highest BCUT2D eigenvalue weighted by molar-refractivity contribution is 6.10. The maximum Gasteiger partial charge on any atom is 0.193 e. The van der Waals surface area contributed by atoms with Crippen LogP contribution in [-0.2, 0) is 9.47 Å². The van der Waals surface area contributed by atoms with Gasteiger partial charge in [0.05, 0.1) is 13.2 Å². The molecule has 21 heavy (non-hydrogen) atoms. The Hall–Kier alpha value is -1.97. The Morgan fingerprint density at radius 1 is 1.00 bits per heavy atom. The van der Waals surface area contributed by atoms with Crippen molar-refractivity contribution >= 4 is 5.78 Å². The van der Waals surface area contributed by atoms with Crippen LogP contribution in [0.4, 0.5) is 0 Å². The first-order valence-corrected chi connectivity index (χ1v) is 7.11. The van der Waals surface area contributed by atoms with E-state index in [1.807, 2.05) is 56.3 Å². The van der Waals surface area contributed by atoms with E-state index in [1.165, 1.54) is 0 Å². The van der Waals surface area contributed by atoms with E-state index in [0.717, 1.165) is 22.3 Å². The molecule has 0 bridgehead atoms. The predicted molar refractivity (Wildman–Crippen MR) is 80.4 cm³/mol. The van der Waals surface area contributed by atoms with Gasteiger partial charge in [-0.25, -0.2) is 0 Å². The van der Waals surface area contributed by atoms with Crippen molar-refractivity contribution in [1.29, 1.82) is 0 Å². The maximum absolute atomic E-state index is 12.6. The van der Waals surface area contributed by atoms with Gasteiger partial charge in [-0.3, -0.25) is 4.79 Å². The lowest BCUT2D eigenvalue weighted by Crippen LogP contribution is -2.05. The van der Waals surface area contributed by atoms with Crippen LogP contribution in [-0.4, -0.2) is 19.0 Å². The Kier molecular flexibility index (Phi) is 3.86. The van der Waals surface area contributed by atoms with Crippen LogP contribution in [0.15, 0.2) is 42.5 Å². The van der Waals surface area contributed by atoms with Gasteiger partial charge in [0.15, 0.2) is 12.1 Å². The highest BCUT2D eigenvalue weighted by atomic mass is 16.7. The fourth-order valence-corrected chi connectivity index (χ4v) is 2.50. The molecule has 1 saturated heterocycles. The number of ketones is 1. The number of hydrogen-bond donors (Lipinski definition) is 0. The average Bonchev–Trinajstić information content (AvgIpc) is 3.04. The van der Waals surface area contributed by atoms with Crippen molar-refractivity contribution in [2.45, 2.75) is 20.1 Å². The van der Waals surface area contributed by atoms with E-state index in [2.05, 4.69) is 0 Å². The highest BCUT2D eigenvalue weighted by Crippen LogP contribution is 2.24. The van der Waals surface area contributed by atoms with Gasteiger partial charge in [-0.2, -0.15) is 0 Å². The van der Waals surface area contributed by atoms with Crippen LogP contribution in [0.3, 0.4) is 0 Å². The lowest BCUT2D eigenvalue weighted by molar-refractivity contribution is -0.0441. The summed E-state index contributed by atoms with van der Waals surface area (Å²) in [6, 6.07) is 13.3. The van der Waals surface area contributed by atoms with Gasteiger partial charge in [-0.05, 0) is 25.0 Å². The van der Waals surface area contributed by atoms with Crippen LogP contribution in [0, 0.1) is 13.8 Å². The first kappa shape index (κ1) is 14.0. The number of rotatable bonds is 3. The summed E-state index contributed by atoms with van der Waals surface area (Å²) in [5, 5.41) is 0. The minimum atomic E-state index is -0.296. The summed E-state index contributed by atoms with van der Waals surface area (Å²) in [4.78, 5) is 12.6. The van der Waals surface area contributed by atoms with Gasteiger partial charge in [0.1, 0.15) is 0 Å². The molecule has 0 unspecified atom stereocenters. The molecule has 3 heteroatoms. The van der Waals surface area contributed by atoms with Crippen molar-refractivity contribution in [3.05, 3.63) is 70.3 Å². The Balaban J connectivity index is 1.86. The average molecular weight is 282 g/mol. The van der Waals surface area contributed by atoms with Gasteiger partial charge in [-0.15, -0.1) is 0 Å². The molecule has 2 aromatic rings. The summed E-state index contributed by atoms with van der Waals surface area (Å²) < 4.78 is 10.9. The predicted octanol–water partition coefficient (Wildman–Crippen LogP) is 3.58. The van der Waals surface area contributed by atoms with Crippen LogP contribution in [0.2, 0.25) is 0 Å². The molecule has 3 rings (SSSR count). The van der Waals surface area contributed by atoms with Crippen molar-refractivity contribution in [3.8, 4) is 0 Å². The van der Waals surface area contributed by atoms with Crippen molar-refractivity contribution in [2.24, 2.45) is 0 Å². The van der Waals surface area contributed by atoms with E-state index in [-0.39, 0.29) is 12.1 Å². The molecule has 0 N–H and O–H groups in total. The quantitative estimate of drug-likeness (QED) is 0.807. The van der Waals surface area contributed by atoms with E-state index in [4.69, 9.17) is 9.47 Å². The summed E-state index contributed by atoms with van der Waals surface area (Å²) in [7, 11) is 0. The summed E-state index contributed by atoms with van der Waals surface area (Å²) in [5.41, 5.74) is 4.56. The smallest absolute Gasteiger partial charge is 0.193 e. The lowest BCUT2D eigenvalue weighted by Gasteiger charge is -2.11. The molecule has 1 aliphatic heterocycles. The highest BCUT2D eigenvalue weighted by Gasteiger charge is 2.19. The van der Waals surface area contributed by atoms with Gasteiger partial charge >= 0.3 is 0 Å². The molecular formula is C18H18O3. The largest absolute Gasteiger partial charge is 0.346 e. The Morgan fingerprint density at radius 2 is 1.67 bits per heavy atom. The van der Waals surface area contributed by atoms with E-state index >= 15 is 0 Å². The molecule has 0 spiro atoms. The van der Waals surface area contributed by atoms with Gasteiger partial charge in [0, 0.05) is 16.7 Å². The molecule has 2 aromatic carbocycles. The van der Waals surface area contributed by atoms with E-state index in [0.29, 0.717) is 18.8 Å². The molecule has 108 valence electrons. The topological polar surface area (TPSA) is 35.5 Å². The number of aryl methyl sites for hydroxylation is 1. The molecule has 0 radical (unpaired) electrons. The van der Waals surface area contributed by atoms with Crippen LogP contribution in [0.1, 0.15) is 38.9 Å². The summed E-state index contributed by atoms with van der Waals surface area (Å²) >= 11 is 0. The van der Waals surface area contributed by atoms with Crippen LogP contribution in [0.5, 0.6) is 0 Å². The maximum atomic E-state index is 12.6. The van der Waals surface area contributed by atoms with Gasteiger partial charge in [0.2, 0.25) is 0 Å². The van der Waals surface area contributed by atoms with Gasteiger partial charge in [-0.1, -0.05) is 42.5 Å². The lowest BCUT2D eigenvalue weighted by atomic mass is 9.96. The molecule has 1 heterocycles. The summed E-state index contributed by atoms with van der Waals surface area (Å²) in [6.07, 6.45) is -0.296. The number of carbonyl (C=O) groups excluding carboxylic acids is 1. The number of carbonyl (C=O) groups is 1. The fourth-order valence-electron chi connectivity index (χ4n) is 2.50. The molecule has 1 aliphatic rings. The molecule has 0 saturated carbocycles. The minimum Gasteiger partial charge on any atom is -0.346 e. The third-order valence-electron chi connectivity index (χ3n) is 3.92. The minimum absolute atomic E-state index is 0.0519. The molecular weight excluding hydrogens is 264 g/mol. The molecule has 0 amide bonds. The number of benzene rings is 2. The normalized spacial score (nSPS) is 15.3. The van der Waals surface area contributed by atoms with Crippen LogP contribution < -0.4 is 0 Å². The molecule has 1 fully saturated rings. The second kappa shape index (κ2) is 5.80. The standard InChI is InChI=1S/C18H18O3/c1-12-4-3-5-16(13(12)2)17(19)14-6-8-15(9-7-14)18-20-10-11-21-18/h3-9,18H,10-11H2,1-2H3. The molecule has 0 aromatic heterocycles. The van der Waals surface area contributed by atoms with Crippen molar-refractivity contribution in [1.82, 2.24) is 0 Å². The molecule has 0 aliphatic carbocycles. The van der Waals surface area contributed by atoms with E-state index in [9.17, 15) is 4.79 Å². The zero-order valence-corrected chi connectivity index (χ0v) is 12.3. The zero-order valence-electron chi connectivity index (χ0n) is 12.3.